The molecule has 16 nitrogen and oxygen atoms in total. The van der Waals surface area contributed by atoms with Gasteiger partial charge in [0.15, 0.2) is 6.29 Å². The fourth-order valence-corrected chi connectivity index (χ4v) is 17.2. The maximum atomic E-state index is 11.8. The van der Waals surface area contributed by atoms with Crippen LogP contribution in [0.25, 0.3) is 12.2 Å². The van der Waals surface area contributed by atoms with Gasteiger partial charge in [0, 0.05) is 118 Å². The van der Waals surface area contributed by atoms with Gasteiger partial charge >= 0.3 is 0 Å². The first-order valence-corrected chi connectivity index (χ1v) is 36.6. The van der Waals surface area contributed by atoms with E-state index in [-0.39, 0.29) is 62.4 Å². The molecule has 3 atom stereocenters. The Bertz CT molecular complexity index is 4950. The van der Waals surface area contributed by atoms with E-state index in [2.05, 4.69) is 241 Å². The minimum absolute atomic E-state index is 0. The van der Waals surface area contributed by atoms with E-state index in [1.807, 2.05) is 25.3 Å². The second kappa shape index (κ2) is 27.5. The summed E-state index contributed by atoms with van der Waals surface area (Å²) in [6.45, 7) is 30.9. The molecular formula is C86H86N6O10S2. The van der Waals surface area contributed by atoms with Gasteiger partial charge in [-0.3, -0.25) is 35.1 Å². The van der Waals surface area contributed by atoms with Gasteiger partial charge < -0.3 is 29.3 Å². The Balaban J connectivity index is 0.000000180. The van der Waals surface area contributed by atoms with Crippen LogP contribution >= 0.6 is 23.5 Å². The number of hydrogen-bond acceptors (Lipinski definition) is 15. The van der Waals surface area contributed by atoms with Crippen molar-refractivity contribution < 1.29 is 34.1 Å². The number of ether oxygens (including phenoxy) is 2. The Morgan fingerprint density at radius 2 is 0.962 bits per heavy atom. The normalized spacial score (nSPS) is 19.3. The van der Waals surface area contributed by atoms with E-state index in [1.54, 1.807) is 30.5 Å². The van der Waals surface area contributed by atoms with Crippen molar-refractivity contribution in [2.24, 2.45) is 0 Å². The third kappa shape index (κ3) is 12.2. The number of aldehydes is 1. The summed E-state index contributed by atoms with van der Waals surface area (Å²) in [5, 5.41) is 43.3. The molecule has 0 radical (unpaired) electrons. The number of aryl methyl sites for hydroxylation is 1. The van der Waals surface area contributed by atoms with Crippen molar-refractivity contribution in [1.29, 1.82) is 0 Å². The van der Waals surface area contributed by atoms with Crippen LogP contribution in [0.5, 0.6) is 17.2 Å². The number of non-ortho nitro benzene ring substituents is 3. The zero-order chi connectivity index (χ0) is 73.5. The minimum atomic E-state index is -0.883. The molecule has 15 rings (SSSR count). The Kier molecular flexibility index (Phi) is 19.3. The van der Waals surface area contributed by atoms with Gasteiger partial charge in [0.2, 0.25) is 5.72 Å². The molecule has 1 N–H and O–H groups in total. The highest BCUT2D eigenvalue weighted by Gasteiger charge is 2.61. The fraction of sp³-hybridized carbons (Fsp3) is 0.267. The molecule has 9 aromatic carbocycles. The molecule has 2 spiro atoms. The van der Waals surface area contributed by atoms with Gasteiger partial charge in [0.25, 0.3) is 17.1 Å². The molecule has 0 aromatic heterocycles. The molecule has 5 aliphatic heterocycles. The molecule has 6 aliphatic rings. The van der Waals surface area contributed by atoms with E-state index < -0.39 is 27.1 Å². The quantitative estimate of drug-likeness (QED) is 0.0467. The largest absolute Gasteiger partial charge is 0.506 e. The smallest absolute Gasteiger partial charge is 0.271 e. The summed E-state index contributed by atoms with van der Waals surface area (Å²) in [5.74, 6) is 1.11. The van der Waals surface area contributed by atoms with Gasteiger partial charge in [-0.2, -0.15) is 0 Å². The first-order valence-electron chi connectivity index (χ1n) is 34.2. The topological polar surface area (TPSA) is 195 Å². The predicted octanol–water partition coefficient (Wildman–Crippen LogP) is 20.9. The molecule has 0 fully saturated rings. The summed E-state index contributed by atoms with van der Waals surface area (Å²) in [6.07, 6.45) is 12.9. The van der Waals surface area contributed by atoms with Gasteiger partial charge in [-0.05, 0) is 132 Å². The predicted molar refractivity (Wildman–Crippen MR) is 420 cm³/mol. The van der Waals surface area contributed by atoms with Crippen molar-refractivity contribution in [1.82, 2.24) is 0 Å². The zero-order valence-corrected chi connectivity index (χ0v) is 61.3. The number of nitro groups is 3. The lowest BCUT2D eigenvalue weighted by Crippen LogP contribution is -2.59. The van der Waals surface area contributed by atoms with Gasteiger partial charge in [-0.1, -0.05) is 196 Å². The summed E-state index contributed by atoms with van der Waals surface area (Å²) < 4.78 is 14.3. The first kappa shape index (κ1) is 73.1. The van der Waals surface area contributed by atoms with E-state index in [4.69, 9.17) is 9.47 Å². The molecular weight excluding hydrogens is 1340 g/mol. The van der Waals surface area contributed by atoms with Crippen LogP contribution in [0.2, 0.25) is 0 Å². The summed E-state index contributed by atoms with van der Waals surface area (Å²) in [5.41, 5.74) is 16.6. The number of anilines is 3. The lowest BCUT2D eigenvalue weighted by atomic mass is 9.69. The Labute approximate surface area is 616 Å². The minimum Gasteiger partial charge on any atom is -0.506 e. The average Bonchev–Trinajstić information content (AvgIpc) is 1.52. The molecule has 9 aromatic rings. The third-order valence-corrected chi connectivity index (χ3v) is 23.7. The van der Waals surface area contributed by atoms with E-state index in [9.17, 15) is 40.2 Å². The summed E-state index contributed by atoms with van der Waals surface area (Å²) in [7, 11) is 0. The Morgan fingerprint density at radius 3 is 1.49 bits per heavy atom. The van der Waals surface area contributed by atoms with Gasteiger partial charge in [-0.25, -0.2) is 0 Å². The number of nitro benzene ring substituents is 3. The SMILES string of the molecule is C.C=C1N(Cc2ccc(CN3C(=C)C(C)(C)c4ccccc43)cc2)c2ccccc2C1(C)C.CSc1cc([N+](=O)[O-])cc(C=O)c1O.CSc1cc([N+](=O)[O-])cc2c1OC1(C=C2)C(Cc2ccc(CN3c4ccccc4C(C)(C)C34C=Cc3cc([N+](=O)[O-])cc(C)c3O4)cc2)c2ccccc2C1(C)C. The number of fused-ring (bicyclic) bond motifs is 6. The number of para-hydroxylation sites is 3. The van der Waals surface area contributed by atoms with Crippen LogP contribution in [0, 0.1) is 37.3 Å². The van der Waals surface area contributed by atoms with Crippen molar-refractivity contribution in [2.45, 2.75) is 144 Å². The van der Waals surface area contributed by atoms with E-state index in [0.29, 0.717) is 34.8 Å². The van der Waals surface area contributed by atoms with Gasteiger partial charge in [0.05, 0.1) is 35.5 Å². The number of carbonyl (C=O) groups is 1. The molecule has 5 heterocycles. The number of hydrogen-bond donors (Lipinski definition) is 1. The van der Waals surface area contributed by atoms with Crippen LogP contribution in [-0.4, -0.2) is 50.0 Å². The molecule has 532 valence electrons. The lowest BCUT2D eigenvalue weighted by molar-refractivity contribution is -0.385. The second-order valence-corrected chi connectivity index (χ2v) is 31.0. The van der Waals surface area contributed by atoms with Crippen LogP contribution in [0.3, 0.4) is 0 Å². The monoisotopic (exact) mass is 1430 g/mol. The number of rotatable bonds is 14. The molecule has 0 saturated carbocycles. The van der Waals surface area contributed by atoms with Crippen molar-refractivity contribution >= 4 is 76.1 Å². The maximum absolute atomic E-state index is 11.8. The van der Waals surface area contributed by atoms with Crippen LogP contribution < -0.4 is 24.2 Å². The van der Waals surface area contributed by atoms with Crippen molar-refractivity contribution in [2.75, 3.05) is 27.2 Å². The fourth-order valence-electron chi connectivity index (χ4n) is 16.1. The number of nitrogens with zero attached hydrogens (tertiary/aromatic N) is 6. The summed E-state index contributed by atoms with van der Waals surface area (Å²) in [4.78, 5) is 51.2. The molecule has 0 amide bonds. The highest BCUT2D eigenvalue weighted by molar-refractivity contribution is 7.99. The van der Waals surface area contributed by atoms with E-state index in [0.717, 1.165) is 76.0 Å². The molecule has 1 aliphatic carbocycles. The van der Waals surface area contributed by atoms with Crippen LogP contribution in [-0.2, 0) is 47.7 Å². The standard InChI is InChI=1S/C47H43N3O6S.C30H32N2.C8H7NO4S.CH4/c1-29-23-34(49(51)52)25-32-20-22-47(56-42(29)32)45(4,5)38-13-9-10-14-40(38)48(47)28-31-17-15-30(16-18-31)24-39-36-11-7-8-12-37(36)44(2,3)46(39)21-19-33-26-35(50(53)54)27-41(57-6)43(33)55-46;1-21-29(3,4)25-11-7-9-13-27(25)31(21)19-23-15-17-24(18-16-23)20-32-22(2)30(5,6)26-12-8-10-14-28(26)32;1-14-7-3-6(9(12)13)2-5(4-10)8(7)11;/h7-23,25-27,39H,24,28H2,1-6H3;7-18H,1-2,19-20H2,3-6H3;2-4,11H,1H3;1H4. The second-order valence-electron chi connectivity index (χ2n) is 29.3. The molecule has 0 bridgehead atoms. The number of aromatic hydroxyl groups is 1. The zero-order valence-electron chi connectivity index (χ0n) is 59.6. The van der Waals surface area contributed by atoms with Crippen LogP contribution in [0.1, 0.15) is 146 Å². The average molecular weight is 1430 g/mol. The lowest BCUT2D eigenvalue weighted by Gasteiger charge is -2.47. The van der Waals surface area contributed by atoms with Gasteiger partial charge in [0.1, 0.15) is 22.8 Å². The number of phenolic OH excluding ortho intramolecular Hbond substituents is 1. The Hall–Kier alpha value is -10.7. The maximum Gasteiger partial charge on any atom is 0.271 e. The third-order valence-electron chi connectivity index (χ3n) is 22.2. The number of phenols is 1. The summed E-state index contributed by atoms with van der Waals surface area (Å²) >= 11 is 2.60. The highest BCUT2D eigenvalue weighted by Crippen LogP contribution is 2.61. The van der Waals surface area contributed by atoms with E-state index in [1.165, 1.54) is 73.7 Å². The first-order chi connectivity index (χ1) is 49.0. The van der Waals surface area contributed by atoms with Crippen molar-refractivity contribution in [3.63, 3.8) is 0 Å². The number of allylic oxidation sites excluding steroid dienone is 2. The Morgan fingerprint density at radius 1 is 0.519 bits per heavy atom. The summed E-state index contributed by atoms with van der Waals surface area (Å²) in [6, 6.07) is 60.9. The molecule has 104 heavy (non-hydrogen) atoms. The van der Waals surface area contributed by atoms with Gasteiger partial charge in [-0.15, -0.1) is 23.5 Å². The van der Waals surface area contributed by atoms with E-state index >= 15 is 0 Å². The number of thioether (sulfide) groups is 2. The van der Waals surface area contributed by atoms with Crippen LogP contribution in [0.4, 0.5) is 34.1 Å². The highest BCUT2D eigenvalue weighted by atomic mass is 32.2. The van der Waals surface area contributed by atoms with Crippen molar-refractivity contribution in [3.05, 3.63) is 321 Å². The van der Waals surface area contributed by atoms with Crippen LogP contribution in [0.15, 0.2) is 228 Å². The molecule has 0 saturated heterocycles. The molecule has 3 unspecified atom stereocenters. The number of carbonyl (C=O) groups excluding carboxylic acids is 1. The van der Waals surface area contributed by atoms with Crippen molar-refractivity contribution in [3.8, 4) is 17.2 Å². The number of benzene rings is 9. The molecule has 18 heteroatoms.